The minimum absolute atomic E-state index is 0.179. The molecule has 5 nitrogen and oxygen atoms in total. The summed E-state index contributed by atoms with van der Waals surface area (Å²) in [4.78, 5) is 12.7. The monoisotopic (exact) mass is 317 g/mol. The molecule has 0 radical (unpaired) electrons. The lowest BCUT2D eigenvalue weighted by Crippen LogP contribution is -2.32. The van der Waals surface area contributed by atoms with Gasteiger partial charge in [-0.3, -0.25) is 9.48 Å². The number of halogens is 1. The number of fused-ring (bicyclic) bond motifs is 1. The Kier molecular flexibility index (Phi) is 4.07. The zero-order valence-electron chi connectivity index (χ0n) is 13.5. The number of nitrogens with one attached hydrogen (secondary N) is 1. The molecule has 1 unspecified atom stereocenters. The van der Waals surface area contributed by atoms with Gasteiger partial charge in [0.25, 0.3) is 5.91 Å². The molecule has 1 aliphatic rings. The van der Waals surface area contributed by atoms with E-state index >= 15 is 0 Å². The number of hydrogen-bond acceptors (Lipinski definition) is 3. The minimum atomic E-state index is -0.334. The lowest BCUT2D eigenvalue weighted by atomic mass is 9.99. The minimum Gasteiger partial charge on any atom is -0.493 e. The predicted octanol–water partition coefficient (Wildman–Crippen LogP) is 2.91. The van der Waals surface area contributed by atoms with Gasteiger partial charge in [-0.05, 0) is 39.0 Å². The fraction of sp³-hybridized carbons (Fsp3) is 0.412. The smallest absolute Gasteiger partial charge is 0.255 e. The van der Waals surface area contributed by atoms with Crippen molar-refractivity contribution in [3.8, 4) is 5.75 Å². The van der Waals surface area contributed by atoms with Crippen LogP contribution in [-0.2, 0) is 6.54 Å². The Labute approximate surface area is 134 Å². The fourth-order valence-corrected chi connectivity index (χ4v) is 3.08. The van der Waals surface area contributed by atoms with Crippen LogP contribution in [0.2, 0.25) is 0 Å². The Bertz CT molecular complexity index is 755. The standard InChI is InChI=1S/C17H20FN3O2/c1-4-21-11(3)16(10(2)20-21)17(22)19-14-7-8-23-15-6-5-12(18)9-13(14)15/h5-6,9,14H,4,7-8H2,1-3H3,(H,19,22). The number of aromatic nitrogens is 2. The first-order valence-electron chi connectivity index (χ1n) is 7.78. The van der Waals surface area contributed by atoms with Gasteiger partial charge in [0.15, 0.2) is 0 Å². The van der Waals surface area contributed by atoms with E-state index in [1.54, 1.807) is 6.07 Å². The first-order valence-corrected chi connectivity index (χ1v) is 7.78. The first kappa shape index (κ1) is 15.5. The Balaban J connectivity index is 1.88. The average molecular weight is 317 g/mol. The summed E-state index contributed by atoms with van der Waals surface area (Å²) in [5, 5.41) is 7.37. The lowest BCUT2D eigenvalue weighted by Gasteiger charge is -2.26. The summed E-state index contributed by atoms with van der Waals surface area (Å²) >= 11 is 0. The number of benzene rings is 1. The van der Waals surface area contributed by atoms with E-state index in [0.717, 1.165) is 5.69 Å². The van der Waals surface area contributed by atoms with Gasteiger partial charge in [-0.1, -0.05) is 0 Å². The molecule has 1 amide bonds. The molecule has 23 heavy (non-hydrogen) atoms. The zero-order chi connectivity index (χ0) is 16.6. The Morgan fingerprint density at radius 1 is 1.48 bits per heavy atom. The van der Waals surface area contributed by atoms with Crippen LogP contribution in [0.3, 0.4) is 0 Å². The van der Waals surface area contributed by atoms with Crippen molar-refractivity contribution in [2.24, 2.45) is 0 Å². The number of hydrogen-bond donors (Lipinski definition) is 1. The van der Waals surface area contributed by atoms with Crippen LogP contribution in [0.25, 0.3) is 0 Å². The molecule has 1 aromatic heterocycles. The normalized spacial score (nSPS) is 16.6. The molecule has 0 spiro atoms. The maximum absolute atomic E-state index is 13.5. The largest absolute Gasteiger partial charge is 0.493 e. The maximum Gasteiger partial charge on any atom is 0.255 e. The highest BCUT2D eigenvalue weighted by molar-refractivity contribution is 5.96. The quantitative estimate of drug-likeness (QED) is 0.947. The van der Waals surface area contributed by atoms with E-state index in [0.29, 0.717) is 42.1 Å². The van der Waals surface area contributed by atoms with Crippen molar-refractivity contribution in [3.05, 3.63) is 46.5 Å². The van der Waals surface area contributed by atoms with Gasteiger partial charge in [0, 0.05) is 24.2 Å². The van der Waals surface area contributed by atoms with Crippen LogP contribution in [0, 0.1) is 19.7 Å². The molecular formula is C17H20FN3O2. The van der Waals surface area contributed by atoms with Crippen LogP contribution < -0.4 is 10.1 Å². The third-order valence-corrected chi connectivity index (χ3v) is 4.22. The van der Waals surface area contributed by atoms with Crippen LogP contribution in [0.4, 0.5) is 4.39 Å². The molecule has 0 saturated carbocycles. The van der Waals surface area contributed by atoms with Crippen molar-refractivity contribution in [2.75, 3.05) is 6.61 Å². The van der Waals surface area contributed by atoms with Crippen LogP contribution in [-0.4, -0.2) is 22.3 Å². The number of nitrogens with zero attached hydrogens (tertiary/aromatic N) is 2. The summed E-state index contributed by atoms with van der Waals surface area (Å²) in [6, 6.07) is 4.14. The van der Waals surface area contributed by atoms with Crippen LogP contribution in [0.1, 0.15) is 46.7 Å². The summed E-state index contributed by atoms with van der Waals surface area (Å²) in [7, 11) is 0. The second-order valence-corrected chi connectivity index (χ2v) is 5.71. The summed E-state index contributed by atoms with van der Waals surface area (Å²) in [6.45, 7) is 6.90. The number of aryl methyl sites for hydroxylation is 2. The summed E-state index contributed by atoms with van der Waals surface area (Å²) in [5.74, 6) is 0.113. The maximum atomic E-state index is 13.5. The van der Waals surface area contributed by atoms with Crippen LogP contribution in [0.5, 0.6) is 5.75 Å². The van der Waals surface area contributed by atoms with Crippen molar-refractivity contribution in [2.45, 2.75) is 39.8 Å². The molecule has 6 heteroatoms. The summed E-state index contributed by atoms with van der Waals surface area (Å²) in [5.41, 5.74) is 2.82. The SMILES string of the molecule is CCn1nc(C)c(C(=O)NC2CCOc3ccc(F)cc32)c1C. The molecule has 2 aromatic rings. The zero-order valence-corrected chi connectivity index (χ0v) is 13.5. The molecule has 122 valence electrons. The average Bonchev–Trinajstić information content (AvgIpc) is 2.82. The van der Waals surface area contributed by atoms with Gasteiger partial charge in [-0.2, -0.15) is 5.10 Å². The molecule has 3 rings (SSSR count). The van der Waals surface area contributed by atoms with E-state index in [-0.39, 0.29) is 17.8 Å². The Morgan fingerprint density at radius 3 is 2.96 bits per heavy atom. The van der Waals surface area contributed by atoms with Crippen molar-refractivity contribution < 1.29 is 13.9 Å². The first-order chi connectivity index (χ1) is 11.0. The highest BCUT2D eigenvalue weighted by atomic mass is 19.1. The lowest BCUT2D eigenvalue weighted by molar-refractivity contribution is 0.0923. The molecule has 1 N–H and O–H groups in total. The van der Waals surface area contributed by atoms with Gasteiger partial charge in [0.1, 0.15) is 11.6 Å². The van der Waals surface area contributed by atoms with E-state index in [4.69, 9.17) is 4.74 Å². The van der Waals surface area contributed by atoms with E-state index in [1.807, 2.05) is 25.5 Å². The van der Waals surface area contributed by atoms with Crippen molar-refractivity contribution >= 4 is 5.91 Å². The number of amides is 1. The fourth-order valence-electron chi connectivity index (χ4n) is 3.08. The highest BCUT2D eigenvalue weighted by Crippen LogP contribution is 2.32. The van der Waals surface area contributed by atoms with Crippen LogP contribution >= 0.6 is 0 Å². The Morgan fingerprint density at radius 2 is 2.26 bits per heavy atom. The van der Waals surface area contributed by atoms with Gasteiger partial charge < -0.3 is 10.1 Å². The van der Waals surface area contributed by atoms with Crippen molar-refractivity contribution in [1.29, 1.82) is 0 Å². The molecule has 1 aliphatic heterocycles. The van der Waals surface area contributed by atoms with E-state index in [2.05, 4.69) is 10.4 Å². The van der Waals surface area contributed by atoms with Gasteiger partial charge in [0.2, 0.25) is 0 Å². The molecule has 0 bridgehead atoms. The molecule has 1 aromatic carbocycles. The summed E-state index contributed by atoms with van der Waals surface area (Å²) in [6.07, 6.45) is 0.613. The van der Waals surface area contributed by atoms with Crippen molar-refractivity contribution in [3.63, 3.8) is 0 Å². The molecule has 2 heterocycles. The second-order valence-electron chi connectivity index (χ2n) is 5.71. The van der Waals surface area contributed by atoms with Gasteiger partial charge in [0.05, 0.1) is 23.9 Å². The van der Waals surface area contributed by atoms with Gasteiger partial charge in [-0.15, -0.1) is 0 Å². The summed E-state index contributed by atoms with van der Waals surface area (Å²) < 4.78 is 20.9. The Hall–Kier alpha value is -2.37. The number of carbonyl (C=O) groups is 1. The molecule has 0 aliphatic carbocycles. The molecule has 0 saturated heterocycles. The van der Waals surface area contributed by atoms with Gasteiger partial charge >= 0.3 is 0 Å². The molecule has 0 fully saturated rings. The number of carbonyl (C=O) groups excluding carboxylic acids is 1. The van der Waals surface area contributed by atoms with E-state index in [1.165, 1.54) is 12.1 Å². The number of ether oxygens (including phenoxy) is 1. The second kappa shape index (κ2) is 6.02. The third kappa shape index (κ3) is 2.81. The predicted molar refractivity (Wildman–Crippen MR) is 84.1 cm³/mol. The van der Waals surface area contributed by atoms with E-state index in [9.17, 15) is 9.18 Å². The molecular weight excluding hydrogens is 297 g/mol. The van der Waals surface area contributed by atoms with Crippen molar-refractivity contribution in [1.82, 2.24) is 15.1 Å². The highest BCUT2D eigenvalue weighted by Gasteiger charge is 2.26. The topological polar surface area (TPSA) is 56.2 Å². The third-order valence-electron chi connectivity index (χ3n) is 4.22. The van der Waals surface area contributed by atoms with Crippen LogP contribution in [0.15, 0.2) is 18.2 Å². The van der Waals surface area contributed by atoms with E-state index < -0.39 is 0 Å². The number of rotatable bonds is 3. The molecule has 1 atom stereocenters. The van der Waals surface area contributed by atoms with Gasteiger partial charge in [-0.25, -0.2) is 4.39 Å².